The smallest absolute Gasteiger partial charge is 0.0596 e. The zero-order valence-electron chi connectivity index (χ0n) is 13.2. The fraction of sp³-hybridized carbons (Fsp3) is 0.812. The van der Waals surface area contributed by atoms with Gasteiger partial charge in [-0.1, -0.05) is 46.0 Å². The van der Waals surface area contributed by atoms with Gasteiger partial charge >= 0.3 is 0 Å². The molecule has 0 amide bonds. The molecule has 0 aliphatic heterocycles. The lowest BCUT2D eigenvalue weighted by Gasteiger charge is -2.17. The van der Waals surface area contributed by atoms with Gasteiger partial charge in [-0.3, -0.25) is 4.68 Å². The highest BCUT2D eigenvalue weighted by atomic mass is 15.3. The summed E-state index contributed by atoms with van der Waals surface area (Å²) in [4.78, 5) is 0. The third-order valence-corrected chi connectivity index (χ3v) is 3.70. The number of unbranched alkanes of at least 4 members (excludes halogenated alkanes) is 4. The lowest BCUT2D eigenvalue weighted by atomic mass is 10.0. The van der Waals surface area contributed by atoms with Crippen molar-refractivity contribution < 1.29 is 0 Å². The molecule has 1 heterocycles. The predicted molar refractivity (Wildman–Crippen MR) is 82.5 cm³/mol. The number of nitrogens with zero attached hydrogens (tertiary/aromatic N) is 2. The Morgan fingerprint density at radius 1 is 1.21 bits per heavy atom. The molecule has 1 N–H and O–H groups in total. The van der Waals surface area contributed by atoms with Gasteiger partial charge in [-0.25, -0.2) is 0 Å². The SMILES string of the molecule is CCCCCCCC(Cc1cc(C)nn1C)NCC. The Bertz CT molecular complexity index is 344. The van der Waals surface area contributed by atoms with Crippen LogP contribution < -0.4 is 5.32 Å². The first kappa shape index (κ1) is 16.2. The minimum atomic E-state index is 0.599. The van der Waals surface area contributed by atoms with Crippen LogP contribution in [0.15, 0.2) is 6.07 Å². The molecule has 0 spiro atoms. The van der Waals surface area contributed by atoms with Crippen molar-refractivity contribution in [3.63, 3.8) is 0 Å². The summed E-state index contributed by atoms with van der Waals surface area (Å²) in [5.74, 6) is 0. The maximum Gasteiger partial charge on any atom is 0.0596 e. The molecule has 0 bridgehead atoms. The Hall–Kier alpha value is -0.830. The first-order valence-electron chi connectivity index (χ1n) is 7.90. The van der Waals surface area contributed by atoms with E-state index in [1.54, 1.807) is 0 Å². The summed E-state index contributed by atoms with van der Waals surface area (Å²) in [5.41, 5.74) is 2.47. The van der Waals surface area contributed by atoms with Crippen molar-refractivity contribution in [2.24, 2.45) is 7.05 Å². The average molecular weight is 265 g/mol. The van der Waals surface area contributed by atoms with Gasteiger partial charge in [0.2, 0.25) is 0 Å². The van der Waals surface area contributed by atoms with Crippen molar-refractivity contribution in [2.75, 3.05) is 6.54 Å². The Balaban J connectivity index is 2.37. The standard InChI is InChI=1S/C16H31N3/c1-5-7-8-9-10-11-15(17-6-2)13-16-12-14(3)18-19(16)4/h12,15,17H,5-11,13H2,1-4H3. The van der Waals surface area contributed by atoms with Crippen LogP contribution in [0.3, 0.4) is 0 Å². The summed E-state index contributed by atoms with van der Waals surface area (Å²) < 4.78 is 2.02. The van der Waals surface area contributed by atoms with Crippen molar-refractivity contribution in [2.45, 2.75) is 71.8 Å². The molecule has 0 aromatic carbocycles. The average Bonchev–Trinajstić information content (AvgIpc) is 2.67. The van der Waals surface area contributed by atoms with E-state index in [4.69, 9.17) is 0 Å². The molecule has 0 saturated carbocycles. The van der Waals surface area contributed by atoms with Crippen LogP contribution in [0.1, 0.15) is 63.8 Å². The van der Waals surface area contributed by atoms with Crippen LogP contribution in [0.2, 0.25) is 0 Å². The minimum absolute atomic E-state index is 0.599. The van der Waals surface area contributed by atoms with Gasteiger partial charge in [-0.15, -0.1) is 0 Å². The molecule has 1 unspecified atom stereocenters. The van der Waals surface area contributed by atoms with Crippen molar-refractivity contribution in [1.29, 1.82) is 0 Å². The molecule has 0 radical (unpaired) electrons. The van der Waals surface area contributed by atoms with Crippen molar-refractivity contribution in [3.8, 4) is 0 Å². The zero-order valence-corrected chi connectivity index (χ0v) is 13.2. The van der Waals surface area contributed by atoms with E-state index in [2.05, 4.69) is 37.3 Å². The summed E-state index contributed by atoms with van der Waals surface area (Å²) in [7, 11) is 2.05. The second-order valence-corrected chi connectivity index (χ2v) is 5.56. The maximum atomic E-state index is 4.43. The van der Waals surface area contributed by atoms with Crippen LogP contribution in [0.5, 0.6) is 0 Å². The molecule has 3 heteroatoms. The summed E-state index contributed by atoms with van der Waals surface area (Å²) in [6.07, 6.45) is 9.19. The normalized spacial score (nSPS) is 12.8. The monoisotopic (exact) mass is 265 g/mol. The molecule has 0 aliphatic carbocycles. The molecule has 110 valence electrons. The highest BCUT2D eigenvalue weighted by Gasteiger charge is 2.11. The van der Waals surface area contributed by atoms with E-state index in [1.165, 1.54) is 44.2 Å². The molecule has 0 saturated heterocycles. The van der Waals surface area contributed by atoms with Crippen LogP contribution in [-0.4, -0.2) is 22.4 Å². The molecule has 1 aromatic heterocycles. The van der Waals surface area contributed by atoms with Gasteiger partial charge in [-0.05, 0) is 26.0 Å². The molecular formula is C16H31N3. The van der Waals surface area contributed by atoms with Crippen LogP contribution in [0, 0.1) is 6.92 Å². The topological polar surface area (TPSA) is 29.9 Å². The second-order valence-electron chi connectivity index (χ2n) is 5.56. The van der Waals surface area contributed by atoms with Gasteiger partial charge in [-0.2, -0.15) is 5.10 Å². The van der Waals surface area contributed by atoms with Crippen LogP contribution in [0.25, 0.3) is 0 Å². The third-order valence-electron chi connectivity index (χ3n) is 3.70. The Morgan fingerprint density at radius 3 is 2.53 bits per heavy atom. The summed E-state index contributed by atoms with van der Waals surface area (Å²) in [5, 5.41) is 8.05. The van der Waals surface area contributed by atoms with Gasteiger partial charge in [0.15, 0.2) is 0 Å². The summed E-state index contributed by atoms with van der Waals surface area (Å²) in [6.45, 7) is 7.58. The fourth-order valence-electron chi connectivity index (χ4n) is 2.67. The van der Waals surface area contributed by atoms with Crippen molar-refractivity contribution in [3.05, 3.63) is 17.5 Å². The number of aryl methyl sites for hydroxylation is 2. The summed E-state index contributed by atoms with van der Waals surface area (Å²) in [6, 6.07) is 2.81. The van der Waals surface area contributed by atoms with Crippen molar-refractivity contribution >= 4 is 0 Å². The second kappa shape index (κ2) is 9.13. The van der Waals surface area contributed by atoms with Crippen LogP contribution >= 0.6 is 0 Å². The van der Waals surface area contributed by atoms with E-state index in [9.17, 15) is 0 Å². The van der Waals surface area contributed by atoms with E-state index < -0.39 is 0 Å². The van der Waals surface area contributed by atoms with Crippen LogP contribution in [0.4, 0.5) is 0 Å². The Morgan fingerprint density at radius 2 is 1.95 bits per heavy atom. The molecular weight excluding hydrogens is 234 g/mol. The molecule has 1 rings (SSSR count). The molecule has 19 heavy (non-hydrogen) atoms. The first-order chi connectivity index (χ1) is 9.17. The number of hydrogen-bond acceptors (Lipinski definition) is 2. The minimum Gasteiger partial charge on any atom is -0.314 e. The lowest BCUT2D eigenvalue weighted by molar-refractivity contribution is 0.451. The number of likely N-dealkylation sites (N-methyl/N-ethyl adjacent to an activating group) is 1. The number of aromatic nitrogens is 2. The van der Waals surface area contributed by atoms with Gasteiger partial charge < -0.3 is 5.32 Å². The van der Waals surface area contributed by atoms with Gasteiger partial charge in [0, 0.05) is 25.2 Å². The van der Waals surface area contributed by atoms with E-state index >= 15 is 0 Å². The molecule has 1 aromatic rings. The lowest BCUT2D eigenvalue weighted by Crippen LogP contribution is -2.31. The van der Waals surface area contributed by atoms with E-state index in [1.807, 2.05) is 11.7 Å². The fourth-order valence-corrected chi connectivity index (χ4v) is 2.67. The molecule has 3 nitrogen and oxygen atoms in total. The Labute approximate surface area is 118 Å². The van der Waals surface area contributed by atoms with E-state index in [-0.39, 0.29) is 0 Å². The van der Waals surface area contributed by atoms with Crippen LogP contribution in [-0.2, 0) is 13.5 Å². The number of hydrogen-bond donors (Lipinski definition) is 1. The first-order valence-corrected chi connectivity index (χ1v) is 7.90. The largest absolute Gasteiger partial charge is 0.314 e. The number of nitrogens with one attached hydrogen (secondary N) is 1. The predicted octanol–water partition coefficient (Wildman–Crippen LogP) is 3.61. The van der Waals surface area contributed by atoms with Gasteiger partial charge in [0.1, 0.15) is 0 Å². The maximum absolute atomic E-state index is 4.43. The molecule has 1 atom stereocenters. The van der Waals surface area contributed by atoms with Gasteiger partial charge in [0.05, 0.1) is 5.69 Å². The van der Waals surface area contributed by atoms with Crippen molar-refractivity contribution in [1.82, 2.24) is 15.1 Å². The zero-order chi connectivity index (χ0) is 14.1. The summed E-state index contributed by atoms with van der Waals surface area (Å²) >= 11 is 0. The number of rotatable bonds is 10. The third kappa shape index (κ3) is 6.24. The molecule has 0 fully saturated rings. The molecule has 0 aliphatic rings. The van der Waals surface area contributed by atoms with E-state index in [0.29, 0.717) is 6.04 Å². The highest BCUT2D eigenvalue weighted by Crippen LogP contribution is 2.12. The van der Waals surface area contributed by atoms with Gasteiger partial charge in [0.25, 0.3) is 0 Å². The highest BCUT2D eigenvalue weighted by molar-refractivity contribution is 5.10. The quantitative estimate of drug-likeness (QED) is 0.655. The van der Waals surface area contributed by atoms with E-state index in [0.717, 1.165) is 18.7 Å². The Kier molecular flexibility index (Phi) is 7.80.